The number of unbranched alkanes of at least 4 members (excludes halogenated alkanes) is 1. The van der Waals surface area contributed by atoms with Crippen LogP contribution >= 0.6 is 0 Å². The SMILES string of the molecule is CCNCC(C)CCCCS(=O)(=O)CC. The number of rotatable bonds is 9. The van der Waals surface area contributed by atoms with Crippen molar-refractivity contribution in [3.8, 4) is 0 Å². The van der Waals surface area contributed by atoms with Crippen molar-refractivity contribution in [1.29, 1.82) is 0 Å². The van der Waals surface area contributed by atoms with Crippen molar-refractivity contribution in [3.05, 3.63) is 0 Å². The van der Waals surface area contributed by atoms with Crippen LogP contribution in [0.4, 0.5) is 0 Å². The molecule has 0 heterocycles. The maximum absolute atomic E-state index is 11.2. The third-order valence-corrected chi connectivity index (χ3v) is 4.38. The van der Waals surface area contributed by atoms with Crippen LogP contribution < -0.4 is 5.32 Å². The maximum Gasteiger partial charge on any atom is 0.150 e. The minimum absolute atomic E-state index is 0.278. The molecule has 92 valence electrons. The van der Waals surface area contributed by atoms with Gasteiger partial charge in [0.05, 0.1) is 5.75 Å². The van der Waals surface area contributed by atoms with Gasteiger partial charge in [0.1, 0.15) is 9.84 Å². The Morgan fingerprint density at radius 1 is 1.20 bits per heavy atom. The average Bonchev–Trinajstić information content (AvgIpc) is 2.21. The van der Waals surface area contributed by atoms with Crippen LogP contribution in [0.3, 0.4) is 0 Å². The zero-order chi connectivity index (χ0) is 11.7. The Balaban J connectivity index is 3.46. The van der Waals surface area contributed by atoms with Crippen LogP contribution in [0.5, 0.6) is 0 Å². The summed E-state index contributed by atoms with van der Waals surface area (Å²) in [4.78, 5) is 0. The van der Waals surface area contributed by atoms with E-state index in [1.54, 1.807) is 6.92 Å². The van der Waals surface area contributed by atoms with Gasteiger partial charge in [0.25, 0.3) is 0 Å². The summed E-state index contributed by atoms with van der Waals surface area (Å²) in [6, 6.07) is 0. The van der Waals surface area contributed by atoms with Gasteiger partial charge in [-0.2, -0.15) is 0 Å². The van der Waals surface area contributed by atoms with Gasteiger partial charge in [-0.15, -0.1) is 0 Å². The molecule has 0 saturated heterocycles. The van der Waals surface area contributed by atoms with Crippen molar-refractivity contribution in [1.82, 2.24) is 5.32 Å². The number of hydrogen-bond acceptors (Lipinski definition) is 3. The smallest absolute Gasteiger partial charge is 0.150 e. The van der Waals surface area contributed by atoms with Gasteiger partial charge in [0.15, 0.2) is 0 Å². The van der Waals surface area contributed by atoms with E-state index in [-0.39, 0.29) is 5.75 Å². The third-order valence-electron chi connectivity index (χ3n) is 2.58. The molecule has 0 aromatic rings. The Morgan fingerprint density at radius 2 is 1.87 bits per heavy atom. The molecule has 0 aliphatic heterocycles. The molecule has 15 heavy (non-hydrogen) atoms. The topological polar surface area (TPSA) is 46.2 Å². The van der Waals surface area contributed by atoms with Crippen LogP contribution in [-0.2, 0) is 9.84 Å². The maximum atomic E-state index is 11.2. The minimum atomic E-state index is -2.75. The van der Waals surface area contributed by atoms with Crippen LogP contribution in [0.15, 0.2) is 0 Å². The molecule has 0 bridgehead atoms. The van der Waals surface area contributed by atoms with E-state index < -0.39 is 9.84 Å². The van der Waals surface area contributed by atoms with Crippen molar-refractivity contribution in [2.75, 3.05) is 24.6 Å². The lowest BCUT2D eigenvalue weighted by Gasteiger charge is -2.11. The number of nitrogens with one attached hydrogen (secondary N) is 1. The molecule has 0 aromatic carbocycles. The van der Waals surface area contributed by atoms with Crippen molar-refractivity contribution in [2.45, 2.75) is 40.0 Å². The van der Waals surface area contributed by atoms with Crippen LogP contribution in [0.25, 0.3) is 0 Å². The van der Waals surface area contributed by atoms with Gasteiger partial charge in [-0.1, -0.05) is 27.2 Å². The second-order valence-electron chi connectivity index (χ2n) is 4.15. The monoisotopic (exact) mass is 235 g/mol. The molecule has 0 spiro atoms. The summed E-state index contributed by atoms with van der Waals surface area (Å²) in [5.41, 5.74) is 0. The predicted molar refractivity (Wildman–Crippen MR) is 65.9 cm³/mol. The highest BCUT2D eigenvalue weighted by Crippen LogP contribution is 2.08. The summed E-state index contributed by atoms with van der Waals surface area (Å²) in [6.07, 6.45) is 2.95. The largest absolute Gasteiger partial charge is 0.317 e. The first-order valence-corrected chi connectivity index (χ1v) is 7.75. The number of sulfone groups is 1. The van der Waals surface area contributed by atoms with Crippen molar-refractivity contribution in [2.24, 2.45) is 5.92 Å². The fourth-order valence-electron chi connectivity index (χ4n) is 1.45. The molecule has 1 N–H and O–H groups in total. The van der Waals surface area contributed by atoms with E-state index in [0.29, 0.717) is 11.7 Å². The highest BCUT2D eigenvalue weighted by molar-refractivity contribution is 7.91. The minimum Gasteiger partial charge on any atom is -0.317 e. The molecule has 0 aliphatic carbocycles. The number of hydrogen-bond donors (Lipinski definition) is 1. The lowest BCUT2D eigenvalue weighted by molar-refractivity contribution is 0.470. The molecular formula is C11H25NO2S. The van der Waals surface area contributed by atoms with Crippen LogP contribution in [-0.4, -0.2) is 33.0 Å². The summed E-state index contributed by atoms with van der Waals surface area (Å²) in [6.45, 7) is 8.06. The van der Waals surface area contributed by atoms with E-state index in [1.807, 2.05) is 0 Å². The first-order chi connectivity index (χ1) is 7.02. The van der Waals surface area contributed by atoms with Gasteiger partial charge in [0, 0.05) is 5.75 Å². The average molecular weight is 235 g/mol. The molecule has 0 saturated carbocycles. The van der Waals surface area contributed by atoms with Gasteiger partial charge >= 0.3 is 0 Å². The van der Waals surface area contributed by atoms with E-state index in [2.05, 4.69) is 19.2 Å². The molecule has 4 heteroatoms. The van der Waals surface area contributed by atoms with E-state index in [1.165, 1.54) is 0 Å². The fraction of sp³-hybridized carbons (Fsp3) is 1.00. The van der Waals surface area contributed by atoms with Crippen molar-refractivity contribution in [3.63, 3.8) is 0 Å². The first kappa shape index (κ1) is 14.9. The van der Waals surface area contributed by atoms with Crippen LogP contribution in [0.1, 0.15) is 40.0 Å². The van der Waals surface area contributed by atoms with Gasteiger partial charge in [-0.05, 0) is 31.8 Å². The Morgan fingerprint density at radius 3 is 2.40 bits per heavy atom. The molecule has 0 fully saturated rings. The van der Waals surface area contributed by atoms with Crippen molar-refractivity contribution < 1.29 is 8.42 Å². The third kappa shape index (κ3) is 8.88. The highest BCUT2D eigenvalue weighted by atomic mass is 32.2. The zero-order valence-corrected chi connectivity index (χ0v) is 11.1. The van der Waals surface area contributed by atoms with E-state index in [0.717, 1.165) is 32.4 Å². The molecule has 3 nitrogen and oxygen atoms in total. The van der Waals surface area contributed by atoms with Gasteiger partial charge in [-0.25, -0.2) is 8.42 Å². The summed E-state index contributed by atoms with van der Waals surface area (Å²) in [5.74, 6) is 1.28. The standard InChI is InChI=1S/C11H25NO2S/c1-4-12-10-11(3)8-6-7-9-15(13,14)5-2/h11-12H,4-10H2,1-3H3. The second kappa shape index (κ2) is 8.11. The quantitative estimate of drug-likeness (QED) is 0.620. The summed E-state index contributed by atoms with van der Waals surface area (Å²) >= 11 is 0. The molecular weight excluding hydrogens is 210 g/mol. The highest BCUT2D eigenvalue weighted by Gasteiger charge is 2.07. The summed E-state index contributed by atoms with van der Waals surface area (Å²) < 4.78 is 22.4. The lowest BCUT2D eigenvalue weighted by atomic mass is 10.0. The molecule has 0 rings (SSSR count). The molecule has 1 unspecified atom stereocenters. The van der Waals surface area contributed by atoms with E-state index in [9.17, 15) is 8.42 Å². The molecule has 0 aliphatic rings. The first-order valence-electron chi connectivity index (χ1n) is 5.93. The predicted octanol–water partition coefficient (Wildman–Crippen LogP) is 1.84. The zero-order valence-electron chi connectivity index (χ0n) is 10.3. The van der Waals surface area contributed by atoms with Gasteiger partial charge in [-0.3, -0.25) is 0 Å². The van der Waals surface area contributed by atoms with E-state index in [4.69, 9.17) is 0 Å². The Bertz CT molecular complexity index is 237. The summed E-state index contributed by atoms with van der Waals surface area (Å²) in [7, 11) is -2.75. The molecule has 1 atom stereocenters. The Hall–Kier alpha value is -0.0900. The fourth-order valence-corrected chi connectivity index (χ4v) is 2.38. The second-order valence-corrected chi connectivity index (χ2v) is 6.62. The van der Waals surface area contributed by atoms with Gasteiger partial charge < -0.3 is 5.32 Å². The van der Waals surface area contributed by atoms with Crippen LogP contribution in [0.2, 0.25) is 0 Å². The Kier molecular flexibility index (Phi) is 8.06. The van der Waals surface area contributed by atoms with Crippen LogP contribution in [0, 0.1) is 5.92 Å². The normalized spacial score (nSPS) is 14.1. The molecule has 0 aromatic heterocycles. The van der Waals surface area contributed by atoms with Gasteiger partial charge in [0.2, 0.25) is 0 Å². The Labute approximate surface area is 94.6 Å². The molecule has 0 amide bonds. The van der Waals surface area contributed by atoms with E-state index >= 15 is 0 Å². The molecule has 0 radical (unpaired) electrons. The summed E-state index contributed by atoms with van der Waals surface area (Å²) in [5, 5.41) is 3.30. The van der Waals surface area contributed by atoms with Crippen molar-refractivity contribution >= 4 is 9.84 Å². The lowest BCUT2D eigenvalue weighted by Crippen LogP contribution is -2.20.